The molecule has 0 saturated carbocycles. The quantitative estimate of drug-likeness (QED) is 0.724. The second kappa shape index (κ2) is 4.30. The number of nitriles is 1. The molecule has 0 spiro atoms. The van der Waals surface area contributed by atoms with Crippen molar-refractivity contribution in [3.05, 3.63) is 58.6 Å². The molecule has 92 valence electrons. The van der Waals surface area contributed by atoms with Crippen LogP contribution in [0.25, 0.3) is 10.9 Å². The highest BCUT2D eigenvalue weighted by atomic mass is 35.5. The van der Waals surface area contributed by atoms with Crippen LogP contribution in [0.5, 0.6) is 0 Å². The van der Waals surface area contributed by atoms with Gasteiger partial charge in [0, 0.05) is 17.1 Å². The maximum Gasteiger partial charge on any atom is 0.230 e. The van der Waals surface area contributed by atoms with Crippen LogP contribution in [0, 0.1) is 11.3 Å². The van der Waals surface area contributed by atoms with Gasteiger partial charge in [0.1, 0.15) is 0 Å². The Hall–Kier alpha value is -2.51. The Labute approximate surface area is 113 Å². The van der Waals surface area contributed by atoms with E-state index < -0.39 is 0 Å². The van der Waals surface area contributed by atoms with Gasteiger partial charge in [-0.1, -0.05) is 0 Å². The van der Waals surface area contributed by atoms with Gasteiger partial charge in [-0.3, -0.25) is 4.79 Å². The van der Waals surface area contributed by atoms with Crippen LogP contribution in [0.15, 0.2) is 40.9 Å². The first-order valence-corrected chi connectivity index (χ1v) is 5.88. The highest BCUT2D eigenvalue weighted by Crippen LogP contribution is 2.24. The standard InChI is InChI=1S/C14H7ClN2O2/c15-13-4-3-12(19-13)14(18)10-7-17-11-2-1-8(6-16)5-9(10)11/h1-5,7,17H. The van der Waals surface area contributed by atoms with Crippen molar-refractivity contribution < 1.29 is 9.21 Å². The van der Waals surface area contributed by atoms with Gasteiger partial charge >= 0.3 is 0 Å². The molecule has 0 fully saturated rings. The fourth-order valence-corrected chi connectivity index (χ4v) is 2.09. The van der Waals surface area contributed by atoms with E-state index in [1.807, 2.05) is 6.07 Å². The molecule has 0 bridgehead atoms. The van der Waals surface area contributed by atoms with Crippen LogP contribution in [0.4, 0.5) is 0 Å². The molecule has 1 N–H and O–H groups in total. The summed E-state index contributed by atoms with van der Waals surface area (Å²) in [5.41, 5.74) is 1.75. The maximum atomic E-state index is 12.3. The van der Waals surface area contributed by atoms with Gasteiger partial charge in [-0.25, -0.2) is 0 Å². The number of ketones is 1. The van der Waals surface area contributed by atoms with E-state index in [4.69, 9.17) is 21.3 Å². The second-order valence-electron chi connectivity index (χ2n) is 4.01. The van der Waals surface area contributed by atoms with Gasteiger partial charge in [0.2, 0.25) is 5.78 Å². The molecule has 0 radical (unpaired) electrons. The number of nitrogens with one attached hydrogen (secondary N) is 1. The number of rotatable bonds is 2. The first-order valence-electron chi connectivity index (χ1n) is 5.50. The molecule has 3 rings (SSSR count). The van der Waals surface area contributed by atoms with Crippen molar-refractivity contribution >= 4 is 28.3 Å². The Kier molecular flexibility index (Phi) is 2.62. The SMILES string of the molecule is N#Cc1ccc2[nH]cc(C(=O)c3ccc(Cl)o3)c2c1. The van der Waals surface area contributed by atoms with E-state index in [9.17, 15) is 4.79 Å². The highest BCUT2D eigenvalue weighted by Gasteiger charge is 2.17. The Bertz CT molecular complexity index is 823. The molecule has 0 aliphatic carbocycles. The van der Waals surface area contributed by atoms with Crippen LogP contribution in [0.3, 0.4) is 0 Å². The van der Waals surface area contributed by atoms with E-state index in [0.717, 1.165) is 5.52 Å². The lowest BCUT2D eigenvalue weighted by Gasteiger charge is -1.96. The van der Waals surface area contributed by atoms with E-state index in [0.29, 0.717) is 16.5 Å². The van der Waals surface area contributed by atoms with Crippen LogP contribution >= 0.6 is 11.6 Å². The minimum absolute atomic E-state index is 0.168. The smallest absolute Gasteiger partial charge is 0.230 e. The summed E-state index contributed by atoms with van der Waals surface area (Å²) in [5.74, 6) is -0.0958. The first kappa shape index (κ1) is 11.6. The molecular weight excluding hydrogens is 264 g/mol. The average molecular weight is 271 g/mol. The predicted octanol–water partition coefficient (Wildman–Crippen LogP) is 3.52. The molecule has 2 heterocycles. The zero-order chi connectivity index (χ0) is 13.4. The number of aromatic amines is 1. The number of nitrogens with zero attached hydrogens (tertiary/aromatic N) is 1. The number of hydrogen-bond donors (Lipinski definition) is 1. The van der Waals surface area contributed by atoms with Gasteiger partial charge < -0.3 is 9.40 Å². The number of aromatic nitrogens is 1. The van der Waals surface area contributed by atoms with E-state index >= 15 is 0 Å². The molecule has 0 saturated heterocycles. The summed E-state index contributed by atoms with van der Waals surface area (Å²) in [6.07, 6.45) is 1.60. The molecular formula is C14H7ClN2O2. The van der Waals surface area contributed by atoms with Gasteiger partial charge in [-0.05, 0) is 41.9 Å². The van der Waals surface area contributed by atoms with Gasteiger partial charge in [-0.2, -0.15) is 5.26 Å². The molecule has 0 amide bonds. The van der Waals surface area contributed by atoms with Crippen LogP contribution in [0.2, 0.25) is 5.22 Å². The summed E-state index contributed by atoms with van der Waals surface area (Å²) in [7, 11) is 0. The Morgan fingerprint density at radius 1 is 1.32 bits per heavy atom. The topological polar surface area (TPSA) is 69.8 Å². The number of H-pyrrole nitrogens is 1. The third-order valence-corrected chi connectivity index (χ3v) is 3.06. The van der Waals surface area contributed by atoms with E-state index in [1.54, 1.807) is 24.4 Å². The number of benzene rings is 1. The summed E-state index contributed by atoms with van der Waals surface area (Å²) < 4.78 is 5.11. The molecule has 3 aromatic rings. The Balaban J connectivity index is 2.15. The van der Waals surface area contributed by atoms with Gasteiger partial charge in [0.05, 0.1) is 17.2 Å². The van der Waals surface area contributed by atoms with E-state index in [2.05, 4.69) is 4.98 Å². The summed E-state index contributed by atoms with van der Waals surface area (Å²) in [5, 5.41) is 9.76. The third-order valence-electron chi connectivity index (χ3n) is 2.85. The molecule has 4 nitrogen and oxygen atoms in total. The fraction of sp³-hybridized carbons (Fsp3) is 0. The molecule has 0 aliphatic heterocycles. The zero-order valence-corrected chi connectivity index (χ0v) is 10.4. The van der Waals surface area contributed by atoms with Crippen molar-refractivity contribution in [1.29, 1.82) is 5.26 Å². The number of halogens is 1. The van der Waals surface area contributed by atoms with Crippen LogP contribution in [-0.2, 0) is 0 Å². The summed E-state index contributed by atoms with van der Waals surface area (Å²) >= 11 is 5.66. The molecule has 1 aromatic carbocycles. The summed E-state index contributed by atoms with van der Waals surface area (Å²) in [6.45, 7) is 0. The number of carbonyl (C=O) groups is 1. The summed E-state index contributed by atoms with van der Waals surface area (Å²) in [4.78, 5) is 15.3. The largest absolute Gasteiger partial charge is 0.441 e. The number of furan rings is 1. The number of hydrogen-bond acceptors (Lipinski definition) is 3. The number of carbonyl (C=O) groups excluding carboxylic acids is 1. The van der Waals surface area contributed by atoms with Crippen LogP contribution in [0.1, 0.15) is 21.7 Å². The lowest BCUT2D eigenvalue weighted by molar-refractivity contribution is 0.101. The second-order valence-corrected chi connectivity index (χ2v) is 4.38. The van der Waals surface area contributed by atoms with Crippen LogP contribution in [-0.4, -0.2) is 10.8 Å². The average Bonchev–Trinajstić information content (AvgIpc) is 3.03. The Morgan fingerprint density at radius 2 is 2.16 bits per heavy atom. The van der Waals surface area contributed by atoms with Gasteiger partial charge in [-0.15, -0.1) is 0 Å². The van der Waals surface area contributed by atoms with Crippen molar-refractivity contribution in [1.82, 2.24) is 4.98 Å². The van der Waals surface area contributed by atoms with E-state index in [-0.39, 0.29) is 16.8 Å². The lowest BCUT2D eigenvalue weighted by atomic mass is 10.1. The minimum Gasteiger partial charge on any atom is -0.441 e. The lowest BCUT2D eigenvalue weighted by Crippen LogP contribution is -1.98. The van der Waals surface area contributed by atoms with Crippen molar-refractivity contribution in [2.24, 2.45) is 0 Å². The maximum absolute atomic E-state index is 12.3. The molecule has 2 aromatic heterocycles. The molecule has 0 aliphatic rings. The van der Waals surface area contributed by atoms with Crippen molar-refractivity contribution in [3.8, 4) is 6.07 Å². The number of fused-ring (bicyclic) bond motifs is 1. The highest BCUT2D eigenvalue weighted by molar-refractivity contribution is 6.29. The van der Waals surface area contributed by atoms with E-state index in [1.165, 1.54) is 12.1 Å². The van der Waals surface area contributed by atoms with Crippen LogP contribution < -0.4 is 0 Å². The zero-order valence-electron chi connectivity index (χ0n) is 9.61. The molecule has 19 heavy (non-hydrogen) atoms. The van der Waals surface area contributed by atoms with Gasteiger partial charge in [0.15, 0.2) is 11.0 Å². The van der Waals surface area contributed by atoms with Gasteiger partial charge in [0.25, 0.3) is 0 Å². The first-order chi connectivity index (χ1) is 9.19. The van der Waals surface area contributed by atoms with Crippen molar-refractivity contribution in [3.63, 3.8) is 0 Å². The molecule has 0 atom stereocenters. The monoisotopic (exact) mass is 270 g/mol. The predicted molar refractivity (Wildman–Crippen MR) is 70.2 cm³/mol. The third kappa shape index (κ3) is 1.90. The minimum atomic E-state index is -0.270. The van der Waals surface area contributed by atoms with Crippen molar-refractivity contribution in [2.75, 3.05) is 0 Å². The molecule has 5 heteroatoms. The Morgan fingerprint density at radius 3 is 2.84 bits per heavy atom. The van der Waals surface area contributed by atoms with Crippen molar-refractivity contribution in [2.45, 2.75) is 0 Å². The molecule has 0 unspecified atom stereocenters. The normalized spacial score (nSPS) is 10.5. The summed E-state index contributed by atoms with van der Waals surface area (Å²) in [6, 6.07) is 10.2. The fourth-order valence-electron chi connectivity index (χ4n) is 1.95.